The summed E-state index contributed by atoms with van der Waals surface area (Å²) in [5.41, 5.74) is 0. The van der Waals surface area contributed by atoms with Gasteiger partial charge in [-0.1, -0.05) is 242 Å². The minimum Gasteiger partial charge on any atom is -0.545 e. The number of aliphatic carboxylic acids is 1. The van der Waals surface area contributed by atoms with Crippen LogP contribution in [0.1, 0.15) is 194 Å². The second-order valence-corrected chi connectivity index (χ2v) is 20.5. The molecule has 2 unspecified atom stereocenters. The van der Waals surface area contributed by atoms with Crippen LogP contribution in [0.2, 0.25) is 0 Å². The summed E-state index contributed by atoms with van der Waals surface area (Å²) in [6, 6.07) is 0. The topological polar surface area (TPSA) is 111 Å². The van der Waals surface area contributed by atoms with Crippen molar-refractivity contribution in [1.82, 2.24) is 0 Å². The molecule has 442 valence electrons. The van der Waals surface area contributed by atoms with Crippen LogP contribution < -0.4 is 5.11 Å². The van der Waals surface area contributed by atoms with Crippen molar-refractivity contribution in [3.05, 3.63) is 170 Å². The highest BCUT2D eigenvalue weighted by Gasteiger charge is 2.21. The average Bonchev–Trinajstić information content (AvgIpc) is 3.42. The molecule has 79 heavy (non-hydrogen) atoms. The number of carbonyl (C=O) groups excluding carboxylic acids is 3. The lowest BCUT2D eigenvalue weighted by Crippen LogP contribution is -2.44. The van der Waals surface area contributed by atoms with Crippen LogP contribution in [0, 0.1) is 0 Å². The number of carboxylic acids is 1. The fourth-order valence-corrected chi connectivity index (χ4v) is 7.42. The van der Waals surface area contributed by atoms with Gasteiger partial charge in [-0.05, 0) is 109 Å². The van der Waals surface area contributed by atoms with E-state index in [1.54, 1.807) is 6.08 Å². The van der Waals surface area contributed by atoms with E-state index in [0.717, 1.165) is 109 Å². The molecule has 0 aromatic heterocycles. The lowest BCUT2D eigenvalue weighted by atomic mass is 10.0. The molecule has 0 radical (unpaired) electrons. The van der Waals surface area contributed by atoms with Gasteiger partial charge in [0, 0.05) is 6.42 Å². The number of unbranched alkanes of at least 4 members (excludes halogenated alkanes) is 11. The summed E-state index contributed by atoms with van der Waals surface area (Å²) in [4.78, 5) is 37.2. The van der Waals surface area contributed by atoms with Crippen LogP contribution >= 0.6 is 0 Å². The van der Waals surface area contributed by atoms with Gasteiger partial charge in [0.05, 0.1) is 46.7 Å². The Morgan fingerprint density at radius 3 is 1.08 bits per heavy atom. The normalized spacial score (nSPS) is 14.0. The van der Waals surface area contributed by atoms with Crippen LogP contribution in [0.15, 0.2) is 170 Å². The Hall–Kier alpha value is -5.35. The van der Waals surface area contributed by atoms with Crippen molar-refractivity contribution in [2.45, 2.75) is 206 Å². The Morgan fingerprint density at radius 1 is 0.392 bits per heavy atom. The molecule has 0 fully saturated rings. The van der Waals surface area contributed by atoms with E-state index in [2.05, 4.69) is 166 Å². The van der Waals surface area contributed by atoms with Gasteiger partial charge in [-0.25, -0.2) is 0 Å². The molecule has 0 bridgehead atoms. The number of hydrogen-bond donors (Lipinski definition) is 0. The second-order valence-electron chi connectivity index (χ2n) is 20.5. The largest absolute Gasteiger partial charge is 0.545 e. The molecule has 0 saturated carbocycles. The van der Waals surface area contributed by atoms with Gasteiger partial charge in [0.1, 0.15) is 13.2 Å². The number of carbonyl (C=O) groups is 3. The lowest BCUT2D eigenvalue weighted by Gasteiger charge is -2.26. The highest BCUT2D eigenvalue weighted by Crippen LogP contribution is 2.14. The number of carboxylic acid groups (broad SMARTS) is 1. The van der Waals surface area contributed by atoms with Gasteiger partial charge in [-0.15, -0.1) is 0 Å². The first kappa shape index (κ1) is 73.7. The number of quaternary nitrogens is 1. The molecule has 0 saturated heterocycles. The Labute approximate surface area is 482 Å². The highest BCUT2D eigenvalue weighted by molar-refractivity contribution is 5.71. The lowest BCUT2D eigenvalue weighted by molar-refractivity contribution is -0.870. The Morgan fingerprint density at radius 2 is 0.722 bits per heavy atom. The first-order valence-corrected chi connectivity index (χ1v) is 30.3. The minimum atomic E-state index is -1.65. The minimum absolute atomic E-state index is 0.0506. The molecular weight excluding hydrogens is 983 g/mol. The van der Waals surface area contributed by atoms with E-state index in [1.165, 1.54) is 44.9 Å². The van der Waals surface area contributed by atoms with Crippen LogP contribution in [0.25, 0.3) is 0 Å². The molecule has 0 aromatic rings. The maximum Gasteiger partial charge on any atom is 0.309 e. The number of hydrogen-bond acceptors (Lipinski definition) is 8. The third kappa shape index (κ3) is 60.1. The third-order valence-electron chi connectivity index (χ3n) is 12.0. The summed E-state index contributed by atoms with van der Waals surface area (Å²) >= 11 is 0. The molecule has 0 aliphatic carbocycles. The maximum atomic E-state index is 12.9. The molecule has 0 aliphatic heterocycles. The molecule has 0 spiro atoms. The van der Waals surface area contributed by atoms with E-state index in [0.29, 0.717) is 23.9 Å². The predicted octanol–water partition coefficient (Wildman–Crippen LogP) is 17.0. The monoisotopic (exact) mass is 1090 g/mol. The fraction of sp³-hybridized carbons (Fsp3) is 0.557. The molecule has 0 aromatic carbocycles. The molecule has 0 N–H and O–H groups in total. The number of rotatable bonds is 53. The van der Waals surface area contributed by atoms with Gasteiger partial charge in [-0.3, -0.25) is 9.59 Å². The van der Waals surface area contributed by atoms with Crippen molar-refractivity contribution >= 4 is 17.9 Å². The molecule has 0 aliphatic rings. The number of nitrogens with zero attached hydrogens (tertiary/aromatic N) is 1. The van der Waals surface area contributed by atoms with Crippen LogP contribution in [0.4, 0.5) is 0 Å². The molecule has 0 heterocycles. The number of esters is 2. The van der Waals surface area contributed by atoms with Crippen molar-refractivity contribution in [2.75, 3.05) is 47.5 Å². The van der Waals surface area contributed by atoms with E-state index in [4.69, 9.17) is 18.9 Å². The number of ether oxygens (including phenoxy) is 4. The van der Waals surface area contributed by atoms with Crippen molar-refractivity contribution in [1.29, 1.82) is 0 Å². The van der Waals surface area contributed by atoms with Crippen LogP contribution in [-0.4, -0.2) is 82.3 Å². The first-order chi connectivity index (χ1) is 38.6. The zero-order valence-electron chi connectivity index (χ0n) is 50.2. The fourth-order valence-electron chi connectivity index (χ4n) is 7.42. The average molecular weight is 1090 g/mol. The van der Waals surface area contributed by atoms with Gasteiger partial charge in [0.15, 0.2) is 12.4 Å². The third-order valence-corrected chi connectivity index (χ3v) is 12.0. The van der Waals surface area contributed by atoms with Crippen molar-refractivity contribution in [3.63, 3.8) is 0 Å². The summed E-state index contributed by atoms with van der Waals surface area (Å²) in [6.45, 7) is 4.37. The van der Waals surface area contributed by atoms with Gasteiger partial charge in [-0.2, -0.15) is 0 Å². The van der Waals surface area contributed by atoms with Gasteiger partial charge in [0.25, 0.3) is 0 Å². The zero-order valence-corrected chi connectivity index (χ0v) is 50.2. The van der Waals surface area contributed by atoms with Gasteiger partial charge >= 0.3 is 11.9 Å². The molecular formula is C70H109NO8. The van der Waals surface area contributed by atoms with Crippen molar-refractivity contribution in [2.24, 2.45) is 0 Å². The number of likely N-dealkylation sites (N-methyl/N-ethyl adjacent to an activating group) is 1. The van der Waals surface area contributed by atoms with Gasteiger partial charge < -0.3 is 33.3 Å². The molecule has 0 rings (SSSR count). The van der Waals surface area contributed by atoms with E-state index in [1.807, 2.05) is 33.3 Å². The van der Waals surface area contributed by atoms with Crippen LogP contribution in [-0.2, 0) is 33.3 Å². The van der Waals surface area contributed by atoms with Gasteiger partial charge in [0.2, 0.25) is 0 Å². The maximum absolute atomic E-state index is 12.9. The SMILES string of the molecule is CC/C=C\C/C=C\C/C=C\C/C=C\C/C=C\C/C=C\C/C=C\C/C=C\C/C=C\CCCCCCCCCCCCCC(=O)OC(COC(=O)C/C=C\C/C=C\C/C=C\C/C=C\C/C=C\CC)COC(OCC[N+](C)(C)C)C(=O)[O-]. The highest BCUT2D eigenvalue weighted by atomic mass is 16.7. The van der Waals surface area contributed by atoms with Crippen molar-refractivity contribution < 1.29 is 42.9 Å². The summed E-state index contributed by atoms with van der Waals surface area (Å²) in [5.74, 6) is -2.47. The molecule has 2 atom stereocenters. The quantitative estimate of drug-likeness (QED) is 0.0195. The molecule has 9 heteroatoms. The van der Waals surface area contributed by atoms with Crippen LogP contribution in [0.3, 0.4) is 0 Å². The predicted molar refractivity (Wildman–Crippen MR) is 333 cm³/mol. The molecule has 9 nitrogen and oxygen atoms in total. The summed E-state index contributed by atoms with van der Waals surface area (Å²) < 4.78 is 22.5. The van der Waals surface area contributed by atoms with E-state index in [9.17, 15) is 19.5 Å². The first-order valence-electron chi connectivity index (χ1n) is 30.3. The van der Waals surface area contributed by atoms with Crippen LogP contribution in [0.5, 0.6) is 0 Å². The number of allylic oxidation sites excluding steroid dienone is 27. The molecule has 0 amide bonds. The summed E-state index contributed by atoms with van der Waals surface area (Å²) in [5, 5.41) is 11.8. The zero-order chi connectivity index (χ0) is 57.6. The smallest absolute Gasteiger partial charge is 0.309 e. The van der Waals surface area contributed by atoms with E-state index in [-0.39, 0.29) is 32.7 Å². The summed E-state index contributed by atoms with van der Waals surface area (Å²) in [7, 11) is 5.88. The van der Waals surface area contributed by atoms with E-state index >= 15 is 0 Å². The van der Waals surface area contributed by atoms with Crippen molar-refractivity contribution in [3.8, 4) is 0 Å². The standard InChI is InChI=1S/C70H109NO8/c1-6-8-10-12-14-16-18-20-22-23-24-25-26-27-28-29-30-31-32-33-34-35-36-37-38-39-40-41-42-43-44-45-47-49-51-53-55-57-59-61-68(73)79-66(65-78-70(69(74)75)76-63-62-71(3,4)5)64-77-67(72)60-58-56-54-52-50-48-46-21-19-17-15-13-11-9-7-2/h8-11,14-17,20-22,24-25,27-28,30-31,33-34,36-37,39-40,46,50,52,56,58,66,70H,6-7,12-13,18-19,23,26,29,32,35,38,41-45,47-49,51,53-55,57,59-65H2,1-5H3/b10-8-,11-9-,16-14-,17-15-,22-20-,25-24-,28-27-,31-30-,34-33-,37-36-,40-39-,46-21-,52-50-,58-56-. The van der Waals surface area contributed by atoms with E-state index < -0.39 is 30.3 Å². The summed E-state index contributed by atoms with van der Waals surface area (Å²) in [6.07, 6.45) is 85.9. The second kappa shape index (κ2) is 58.8. The Bertz CT molecular complexity index is 1900. The Kier molecular flexibility index (Phi) is 54.8. The Balaban J connectivity index is 4.21.